The zero-order valence-electron chi connectivity index (χ0n) is 23.2. The normalized spacial score (nSPS) is 11.6. The Morgan fingerprint density at radius 3 is 1.75 bits per heavy atom. The van der Waals surface area contributed by atoms with Gasteiger partial charge in [0.2, 0.25) is 0 Å². The number of furan rings is 2. The van der Waals surface area contributed by atoms with Gasteiger partial charge >= 0.3 is 0 Å². The van der Waals surface area contributed by atoms with Crippen molar-refractivity contribution in [3.63, 3.8) is 0 Å². The Kier molecular flexibility index (Phi) is 5.36. The van der Waals surface area contributed by atoms with Gasteiger partial charge in [-0.1, -0.05) is 78.9 Å². The van der Waals surface area contributed by atoms with Gasteiger partial charge in [0.1, 0.15) is 28.6 Å². The maximum Gasteiger partial charge on any atom is 0.172 e. The number of hydrogen-bond acceptors (Lipinski definition) is 7. The predicted molar refractivity (Wildman–Crippen MR) is 172 cm³/mol. The first-order valence-corrected chi connectivity index (χ1v) is 14.2. The van der Waals surface area contributed by atoms with Crippen molar-refractivity contribution >= 4 is 44.0 Å². The largest absolute Gasteiger partial charge is 0.456 e. The van der Waals surface area contributed by atoms with Crippen LogP contribution in [0.4, 0.5) is 0 Å². The predicted octanol–water partition coefficient (Wildman–Crippen LogP) is 9.13. The van der Waals surface area contributed by atoms with Crippen LogP contribution < -0.4 is 0 Å². The zero-order chi connectivity index (χ0) is 29.0. The van der Waals surface area contributed by atoms with E-state index in [0.29, 0.717) is 23.1 Å². The van der Waals surface area contributed by atoms with Crippen LogP contribution in [0.15, 0.2) is 137 Å². The molecule has 9 rings (SSSR count). The molecule has 4 aromatic heterocycles. The van der Waals surface area contributed by atoms with E-state index >= 15 is 0 Å². The fourth-order valence-corrected chi connectivity index (χ4v) is 5.79. The number of para-hydroxylation sites is 1. The van der Waals surface area contributed by atoms with E-state index < -0.39 is 0 Å². The molecule has 0 spiro atoms. The summed E-state index contributed by atoms with van der Waals surface area (Å²) in [7, 11) is 0. The van der Waals surface area contributed by atoms with Crippen LogP contribution in [0, 0.1) is 0 Å². The second kappa shape index (κ2) is 9.68. The SMILES string of the molecule is c1ccc(-c2nc(-c3ccccc3)nc(-c3ccc4oc5ccc(-c6cccc7c6oc6cncnc67)cc5c4c3)n2)cc1. The number of rotatable bonds is 4. The minimum Gasteiger partial charge on any atom is -0.456 e. The molecule has 0 amide bonds. The summed E-state index contributed by atoms with van der Waals surface area (Å²) in [5.74, 6) is 1.84. The van der Waals surface area contributed by atoms with E-state index in [1.54, 1.807) is 12.5 Å². The average Bonchev–Trinajstić information content (AvgIpc) is 3.66. The molecule has 0 N–H and O–H groups in total. The molecule has 0 radical (unpaired) electrons. The van der Waals surface area contributed by atoms with Crippen LogP contribution in [0.2, 0.25) is 0 Å². The van der Waals surface area contributed by atoms with Crippen LogP contribution in [0.25, 0.3) is 89.3 Å². The highest BCUT2D eigenvalue weighted by Gasteiger charge is 2.17. The molecule has 206 valence electrons. The number of hydrogen-bond donors (Lipinski definition) is 0. The van der Waals surface area contributed by atoms with Crippen molar-refractivity contribution < 1.29 is 8.83 Å². The Balaban J connectivity index is 1.22. The molecule has 7 heteroatoms. The minimum absolute atomic E-state index is 0.596. The van der Waals surface area contributed by atoms with Crippen molar-refractivity contribution in [3.05, 3.63) is 128 Å². The van der Waals surface area contributed by atoms with Gasteiger partial charge in [-0.3, -0.25) is 0 Å². The lowest BCUT2D eigenvalue weighted by molar-refractivity contribution is 0.666. The second-order valence-electron chi connectivity index (χ2n) is 10.6. The number of nitrogens with zero attached hydrogens (tertiary/aromatic N) is 5. The Morgan fingerprint density at radius 1 is 0.455 bits per heavy atom. The van der Waals surface area contributed by atoms with Gasteiger partial charge in [0.05, 0.1) is 6.20 Å². The summed E-state index contributed by atoms with van der Waals surface area (Å²) in [4.78, 5) is 23.2. The first-order valence-electron chi connectivity index (χ1n) is 14.2. The van der Waals surface area contributed by atoms with Crippen LogP contribution >= 0.6 is 0 Å². The minimum atomic E-state index is 0.596. The molecule has 7 nitrogen and oxygen atoms in total. The molecule has 0 aliphatic heterocycles. The molecule has 0 saturated carbocycles. The van der Waals surface area contributed by atoms with Crippen molar-refractivity contribution in [3.8, 4) is 45.3 Å². The molecule has 0 atom stereocenters. The summed E-state index contributed by atoms with van der Waals surface area (Å²) in [5.41, 5.74) is 8.56. The van der Waals surface area contributed by atoms with Gasteiger partial charge in [-0.25, -0.2) is 24.9 Å². The zero-order valence-corrected chi connectivity index (χ0v) is 23.2. The standard InChI is InChI=1S/C37H21N5O2/c1-3-8-22(9-4-1)35-40-36(23-10-5-2-6-11-23)42-37(41-35)25-15-17-31-29(19-25)28-18-24(14-16-30(28)43-31)26-12-7-13-27-33-32(44-34(26)27)20-38-21-39-33/h1-21H. The highest BCUT2D eigenvalue weighted by atomic mass is 16.3. The Morgan fingerprint density at radius 2 is 1.07 bits per heavy atom. The summed E-state index contributed by atoms with van der Waals surface area (Å²) < 4.78 is 12.5. The van der Waals surface area contributed by atoms with Gasteiger partial charge in [0, 0.05) is 38.4 Å². The van der Waals surface area contributed by atoms with Gasteiger partial charge in [0.25, 0.3) is 0 Å². The molecule has 0 bridgehead atoms. The summed E-state index contributed by atoms with van der Waals surface area (Å²) in [6.07, 6.45) is 3.25. The van der Waals surface area contributed by atoms with E-state index in [1.165, 1.54) is 0 Å². The second-order valence-corrected chi connectivity index (χ2v) is 10.6. The molecular weight excluding hydrogens is 546 g/mol. The molecule has 4 heterocycles. The van der Waals surface area contributed by atoms with Crippen molar-refractivity contribution in [2.45, 2.75) is 0 Å². The van der Waals surface area contributed by atoms with E-state index in [2.05, 4.69) is 34.2 Å². The Bertz CT molecular complexity index is 2440. The van der Waals surface area contributed by atoms with Crippen molar-refractivity contribution in [2.75, 3.05) is 0 Å². The summed E-state index contributed by atoms with van der Waals surface area (Å²) in [6.45, 7) is 0. The number of aromatic nitrogens is 5. The van der Waals surface area contributed by atoms with E-state index in [4.69, 9.17) is 23.8 Å². The molecule has 0 saturated heterocycles. The monoisotopic (exact) mass is 567 g/mol. The van der Waals surface area contributed by atoms with E-state index in [1.807, 2.05) is 91.0 Å². The molecule has 0 aliphatic carbocycles. The van der Waals surface area contributed by atoms with E-state index in [9.17, 15) is 0 Å². The quantitative estimate of drug-likeness (QED) is 0.209. The van der Waals surface area contributed by atoms with E-state index in [-0.39, 0.29) is 0 Å². The molecule has 44 heavy (non-hydrogen) atoms. The maximum atomic E-state index is 6.26. The highest BCUT2D eigenvalue weighted by molar-refractivity contribution is 6.10. The average molecular weight is 568 g/mol. The van der Waals surface area contributed by atoms with Crippen molar-refractivity contribution in [1.82, 2.24) is 24.9 Å². The number of fused-ring (bicyclic) bond motifs is 6. The number of benzene rings is 5. The highest BCUT2D eigenvalue weighted by Crippen LogP contribution is 2.38. The lowest BCUT2D eigenvalue weighted by Crippen LogP contribution is -2.00. The lowest BCUT2D eigenvalue weighted by Gasteiger charge is -2.08. The van der Waals surface area contributed by atoms with Crippen LogP contribution in [-0.2, 0) is 0 Å². The third-order valence-electron chi connectivity index (χ3n) is 7.90. The van der Waals surface area contributed by atoms with Gasteiger partial charge < -0.3 is 8.83 Å². The fourth-order valence-electron chi connectivity index (χ4n) is 5.79. The van der Waals surface area contributed by atoms with Crippen molar-refractivity contribution in [1.29, 1.82) is 0 Å². The molecular formula is C37H21N5O2. The van der Waals surface area contributed by atoms with E-state index in [0.717, 1.165) is 66.2 Å². The summed E-state index contributed by atoms with van der Waals surface area (Å²) in [5, 5.41) is 2.93. The molecule has 0 aliphatic rings. The molecule has 0 fully saturated rings. The third-order valence-corrected chi connectivity index (χ3v) is 7.90. The molecule has 5 aromatic carbocycles. The van der Waals surface area contributed by atoms with Gasteiger partial charge in [-0.15, -0.1) is 0 Å². The molecule has 9 aromatic rings. The molecule has 0 unspecified atom stereocenters. The topological polar surface area (TPSA) is 90.7 Å². The van der Waals surface area contributed by atoms with Crippen LogP contribution in [-0.4, -0.2) is 24.9 Å². The van der Waals surface area contributed by atoms with Crippen LogP contribution in [0.3, 0.4) is 0 Å². The first kappa shape index (κ1) is 24.4. The Hall–Kier alpha value is -6.21. The van der Waals surface area contributed by atoms with Gasteiger partial charge in [-0.2, -0.15) is 0 Å². The fraction of sp³-hybridized carbons (Fsp3) is 0. The maximum absolute atomic E-state index is 6.26. The third kappa shape index (κ3) is 3.94. The first-order chi connectivity index (χ1) is 21.8. The van der Waals surface area contributed by atoms with Crippen LogP contribution in [0.5, 0.6) is 0 Å². The van der Waals surface area contributed by atoms with Gasteiger partial charge in [0.15, 0.2) is 23.1 Å². The van der Waals surface area contributed by atoms with Gasteiger partial charge in [-0.05, 0) is 42.0 Å². The van der Waals surface area contributed by atoms with Crippen molar-refractivity contribution in [2.24, 2.45) is 0 Å². The van der Waals surface area contributed by atoms with Crippen LogP contribution in [0.1, 0.15) is 0 Å². The summed E-state index contributed by atoms with van der Waals surface area (Å²) in [6, 6.07) is 38.4. The smallest absolute Gasteiger partial charge is 0.172 e. The summed E-state index contributed by atoms with van der Waals surface area (Å²) >= 11 is 0. The lowest BCUT2D eigenvalue weighted by atomic mass is 10.0. The Labute approximate surface area is 250 Å².